The van der Waals surface area contributed by atoms with E-state index in [4.69, 9.17) is 32.4 Å². The topological polar surface area (TPSA) is 120 Å². The van der Waals surface area contributed by atoms with Gasteiger partial charge >= 0.3 is 5.97 Å². The number of likely N-dealkylation sites (N-methyl/N-ethyl adjacent to an activating group) is 1. The summed E-state index contributed by atoms with van der Waals surface area (Å²) in [5.41, 5.74) is -1.08. The van der Waals surface area contributed by atoms with Gasteiger partial charge in [-0.05, 0) is 32.1 Å². The number of aromatic hydroxyl groups is 2. The Morgan fingerprint density at radius 1 is 1.24 bits per heavy atom. The molecule has 180 valence electrons. The van der Waals surface area contributed by atoms with Gasteiger partial charge in [0.15, 0.2) is 5.76 Å². The van der Waals surface area contributed by atoms with E-state index in [0.717, 1.165) is 25.1 Å². The summed E-state index contributed by atoms with van der Waals surface area (Å²) in [7, 11) is 1.80. The lowest BCUT2D eigenvalue weighted by Crippen LogP contribution is -2.32. The molecule has 1 aliphatic heterocycles. The molecule has 11 heteroatoms. The molecule has 0 aliphatic carbocycles. The minimum absolute atomic E-state index is 0.0953. The third-order valence-corrected chi connectivity index (χ3v) is 6.60. The molecule has 0 saturated carbocycles. The summed E-state index contributed by atoms with van der Waals surface area (Å²) in [6.07, 6.45) is 0.510. The Bertz CT molecular complexity index is 1370. The maximum atomic E-state index is 14.3. The van der Waals surface area contributed by atoms with E-state index in [1.54, 1.807) is 7.05 Å². The number of rotatable bonds is 4. The molecule has 1 aromatic heterocycles. The second kappa shape index (κ2) is 9.07. The number of aliphatic hydroxyl groups is 1. The van der Waals surface area contributed by atoms with E-state index in [1.165, 1.54) is 0 Å². The second-order valence-corrected chi connectivity index (χ2v) is 8.90. The van der Waals surface area contributed by atoms with Gasteiger partial charge in [0.05, 0.1) is 16.7 Å². The van der Waals surface area contributed by atoms with Gasteiger partial charge in [-0.15, -0.1) is 0 Å². The molecule has 1 aliphatic rings. The number of likely N-dealkylation sites (tertiary alicyclic amines) is 1. The molecular formula is C23H20Cl2FNO7. The molecule has 0 spiro atoms. The van der Waals surface area contributed by atoms with Gasteiger partial charge < -0.3 is 29.4 Å². The summed E-state index contributed by atoms with van der Waals surface area (Å²) in [5.74, 6) is -4.16. The van der Waals surface area contributed by atoms with Crippen LogP contribution in [-0.2, 0) is 4.79 Å². The smallest absolute Gasteiger partial charge is 0.308 e. The summed E-state index contributed by atoms with van der Waals surface area (Å²) >= 11 is 12.0. The zero-order chi connectivity index (χ0) is 24.9. The van der Waals surface area contributed by atoms with Crippen LogP contribution in [0.2, 0.25) is 10.0 Å². The van der Waals surface area contributed by atoms with Crippen molar-refractivity contribution in [1.82, 2.24) is 4.90 Å². The molecule has 2 heterocycles. The van der Waals surface area contributed by atoms with E-state index in [-0.39, 0.29) is 50.3 Å². The van der Waals surface area contributed by atoms with Crippen molar-refractivity contribution in [3.05, 3.63) is 49.8 Å². The van der Waals surface area contributed by atoms with E-state index in [2.05, 4.69) is 0 Å². The summed E-state index contributed by atoms with van der Waals surface area (Å²) in [4.78, 5) is 27.1. The van der Waals surface area contributed by atoms with Crippen LogP contribution >= 0.6 is 23.2 Å². The normalized spacial score (nSPS) is 18.5. The number of carbonyl (C=O) groups is 1. The van der Waals surface area contributed by atoms with Gasteiger partial charge in [-0.25, -0.2) is 4.39 Å². The predicted octanol–water partition coefficient (Wildman–Crippen LogP) is 4.02. The van der Waals surface area contributed by atoms with Gasteiger partial charge in [-0.3, -0.25) is 9.59 Å². The van der Waals surface area contributed by atoms with Crippen LogP contribution in [0.1, 0.15) is 24.8 Å². The molecule has 1 saturated heterocycles. The number of halogens is 3. The number of benzene rings is 2. The zero-order valence-corrected chi connectivity index (χ0v) is 19.6. The summed E-state index contributed by atoms with van der Waals surface area (Å²) in [6, 6.07) is 2.61. The van der Waals surface area contributed by atoms with E-state index >= 15 is 0 Å². The van der Waals surface area contributed by atoms with Crippen molar-refractivity contribution >= 4 is 40.1 Å². The number of aliphatic hydroxyl groups excluding tert-OH is 1. The van der Waals surface area contributed by atoms with Crippen molar-refractivity contribution in [2.75, 3.05) is 20.2 Å². The largest absolute Gasteiger partial charge is 0.507 e. The highest BCUT2D eigenvalue weighted by atomic mass is 35.5. The lowest BCUT2D eigenvalue weighted by Gasteiger charge is -2.24. The average molecular weight is 512 g/mol. The minimum Gasteiger partial charge on any atom is -0.507 e. The maximum Gasteiger partial charge on any atom is 0.308 e. The Hall–Kier alpha value is -2.85. The zero-order valence-electron chi connectivity index (χ0n) is 18.1. The first-order valence-electron chi connectivity index (χ1n) is 10.2. The number of phenolic OH excluding ortho intramolecular Hbond substituents is 2. The number of fused-ring (bicyclic) bond motifs is 1. The van der Waals surface area contributed by atoms with Gasteiger partial charge in [0, 0.05) is 36.1 Å². The molecule has 8 nitrogen and oxygen atoms in total. The van der Waals surface area contributed by atoms with Crippen LogP contribution in [0.4, 0.5) is 4.39 Å². The van der Waals surface area contributed by atoms with Crippen molar-refractivity contribution in [3.63, 3.8) is 0 Å². The molecule has 3 aromatic rings. The van der Waals surface area contributed by atoms with Gasteiger partial charge in [0.25, 0.3) is 0 Å². The van der Waals surface area contributed by atoms with Crippen molar-refractivity contribution in [2.24, 2.45) is 0 Å². The molecule has 4 rings (SSSR count). The standard InChI is InChI=1S/C23H20Cl2FNO7/c1-9(29)33-23-20(32)19-17(31)7-16(30)18(10-3-4-27(2)15(10)8-28)22(19)34-21(23)11-5-14(26)13(25)6-12(11)24/h5-7,10,15,28,30-31H,3-4,8H2,1-2H3. The number of ether oxygens (including phenoxy) is 1. The predicted molar refractivity (Wildman–Crippen MR) is 123 cm³/mol. The first-order valence-corrected chi connectivity index (χ1v) is 11.0. The van der Waals surface area contributed by atoms with Crippen LogP contribution in [0.25, 0.3) is 22.3 Å². The van der Waals surface area contributed by atoms with Crippen LogP contribution in [0.15, 0.2) is 27.4 Å². The first-order chi connectivity index (χ1) is 16.0. The van der Waals surface area contributed by atoms with Crippen molar-refractivity contribution in [1.29, 1.82) is 0 Å². The number of hydrogen-bond acceptors (Lipinski definition) is 8. The van der Waals surface area contributed by atoms with Crippen LogP contribution in [0.5, 0.6) is 17.2 Å². The molecule has 0 bridgehead atoms. The molecule has 0 radical (unpaired) electrons. The van der Waals surface area contributed by atoms with Crippen LogP contribution in [0.3, 0.4) is 0 Å². The van der Waals surface area contributed by atoms with Crippen LogP contribution in [-0.4, -0.2) is 52.4 Å². The Morgan fingerprint density at radius 2 is 1.94 bits per heavy atom. The minimum atomic E-state index is -0.927. The lowest BCUT2D eigenvalue weighted by molar-refractivity contribution is -0.132. The lowest BCUT2D eigenvalue weighted by atomic mass is 9.89. The first kappa shape index (κ1) is 24.3. The number of esters is 1. The fourth-order valence-corrected chi connectivity index (χ4v) is 4.89. The second-order valence-electron chi connectivity index (χ2n) is 8.09. The molecule has 2 atom stereocenters. The van der Waals surface area contributed by atoms with Gasteiger partial charge in [0.1, 0.15) is 28.3 Å². The Kier molecular flexibility index (Phi) is 6.48. The fourth-order valence-electron chi connectivity index (χ4n) is 4.42. The van der Waals surface area contributed by atoms with Crippen molar-refractivity contribution in [2.45, 2.75) is 25.3 Å². The van der Waals surface area contributed by atoms with Gasteiger partial charge in [-0.1, -0.05) is 23.2 Å². The average Bonchev–Trinajstić information content (AvgIpc) is 3.12. The number of phenols is 2. The highest BCUT2D eigenvalue weighted by Gasteiger charge is 2.37. The highest BCUT2D eigenvalue weighted by Crippen LogP contribution is 2.46. The van der Waals surface area contributed by atoms with Crippen LogP contribution in [0, 0.1) is 5.82 Å². The summed E-state index contributed by atoms with van der Waals surface area (Å²) in [6.45, 7) is 1.41. The molecular weight excluding hydrogens is 492 g/mol. The highest BCUT2D eigenvalue weighted by molar-refractivity contribution is 6.36. The Morgan fingerprint density at radius 3 is 2.59 bits per heavy atom. The number of nitrogens with zero attached hydrogens (tertiary/aromatic N) is 1. The van der Waals surface area contributed by atoms with Crippen molar-refractivity contribution in [3.8, 4) is 28.6 Å². The van der Waals surface area contributed by atoms with E-state index in [0.29, 0.717) is 13.0 Å². The quantitative estimate of drug-likeness (QED) is 0.354. The van der Waals surface area contributed by atoms with Crippen molar-refractivity contribution < 1.29 is 33.7 Å². The third kappa shape index (κ3) is 3.98. The Balaban J connectivity index is 2.13. The summed E-state index contributed by atoms with van der Waals surface area (Å²) < 4.78 is 25.4. The van der Waals surface area contributed by atoms with Gasteiger partial charge in [0.2, 0.25) is 11.2 Å². The Labute approximate surface area is 202 Å². The molecule has 0 amide bonds. The molecule has 2 aromatic carbocycles. The summed E-state index contributed by atoms with van der Waals surface area (Å²) in [5, 5.41) is 30.4. The monoisotopic (exact) mass is 511 g/mol. The number of carbonyl (C=O) groups excluding carboxylic acids is 1. The third-order valence-electron chi connectivity index (χ3n) is 6.00. The van der Waals surface area contributed by atoms with Crippen LogP contribution < -0.4 is 10.2 Å². The van der Waals surface area contributed by atoms with E-state index < -0.39 is 40.7 Å². The number of hydrogen-bond donors (Lipinski definition) is 3. The van der Waals surface area contributed by atoms with E-state index in [9.17, 15) is 29.3 Å². The molecule has 34 heavy (non-hydrogen) atoms. The van der Waals surface area contributed by atoms with E-state index in [1.807, 2.05) is 4.90 Å². The molecule has 3 N–H and O–H groups in total. The molecule has 2 unspecified atom stereocenters. The van der Waals surface area contributed by atoms with Gasteiger partial charge in [-0.2, -0.15) is 0 Å². The SMILES string of the molecule is CC(=O)Oc1c(-c2cc(F)c(Cl)cc2Cl)oc2c(C3CCN(C)C3CO)c(O)cc(O)c2c1=O. The fraction of sp³-hybridized carbons (Fsp3) is 0.304. The molecule has 1 fully saturated rings. The maximum absolute atomic E-state index is 14.3.